The summed E-state index contributed by atoms with van der Waals surface area (Å²) < 4.78 is 0. The first kappa shape index (κ1) is 13.5. The fraction of sp³-hybridized carbons (Fsp3) is 0.158. The molecule has 1 aliphatic carbocycles. The molecule has 1 aliphatic rings. The normalized spacial score (nSPS) is 14.2. The van der Waals surface area contributed by atoms with E-state index in [9.17, 15) is 10.2 Å². The molecule has 0 atom stereocenters. The van der Waals surface area contributed by atoms with Crippen molar-refractivity contribution in [2.24, 2.45) is 0 Å². The Morgan fingerprint density at radius 3 is 1.67 bits per heavy atom. The van der Waals surface area contributed by atoms with Crippen molar-refractivity contribution >= 4 is 0 Å². The van der Waals surface area contributed by atoms with E-state index in [0.29, 0.717) is 0 Å². The average Bonchev–Trinajstić information content (AvgIpc) is 2.52. The summed E-state index contributed by atoms with van der Waals surface area (Å²) in [6.07, 6.45) is 8.78. The SMILES string of the molecule is Oc1ccc(C(C2=CCCC=C2)c2ccc(O)cc2)cc1. The molecule has 0 saturated carbocycles. The van der Waals surface area contributed by atoms with E-state index in [1.807, 2.05) is 24.3 Å². The van der Waals surface area contributed by atoms with E-state index in [-0.39, 0.29) is 17.4 Å². The molecule has 2 aromatic carbocycles. The minimum Gasteiger partial charge on any atom is -0.508 e. The molecule has 0 radical (unpaired) electrons. The zero-order chi connectivity index (χ0) is 14.7. The van der Waals surface area contributed by atoms with E-state index >= 15 is 0 Å². The summed E-state index contributed by atoms with van der Waals surface area (Å²) >= 11 is 0. The number of rotatable bonds is 3. The summed E-state index contributed by atoms with van der Waals surface area (Å²) in [5, 5.41) is 19.0. The predicted molar refractivity (Wildman–Crippen MR) is 84.5 cm³/mol. The first-order chi connectivity index (χ1) is 10.2. The van der Waals surface area contributed by atoms with Crippen LogP contribution in [0.3, 0.4) is 0 Å². The number of allylic oxidation sites excluding steroid dienone is 4. The average molecular weight is 278 g/mol. The van der Waals surface area contributed by atoms with Crippen LogP contribution in [-0.2, 0) is 0 Å². The standard InChI is InChI=1S/C19H18O2/c20-17-10-6-15(7-11-17)19(14-4-2-1-3-5-14)16-8-12-18(21)13-9-16/h2,4-13,19-21H,1,3H2. The van der Waals surface area contributed by atoms with Crippen molar-refractivity contribution < 1.29 is 10.2 Å². The van der Waals surface area contributed by atoms with Crippen molar-refractivity contribution in [1.29, 1.82) is 0 Å². The van der Waals surface area contributed by atoms with Gasteiger partial charge in [-0.3, -0.25) is 0 Å². The molecule has 0 heterocycles. The van der Waals surface area contributed by atoms with Crippen molar-refractivity contribution in [2.45, 2.75) is 18.8 Å². The molecule has 2 heteroatoms. The molecule has 106 valence electrons. The Balaban J connectivity index is 2.06. The van der Waals surface area contributed by atoms with Gasteiger partial charge in [0.25, 0.3) is 0 Å². The topological polar surface area (TPSA) is 40.5 Å². The van der Waals surface area contributed by atoms with E-state index in [4.69, 9.17) is 0 Å². The van der Waals surface area contributed by atoms with Crippen molar-refractivity contribution in [3.63, 3.8) is 0 Å². The number of phenols is 2. The van der Waals surface area contributed by atoms with Crippen LogP contribution < -0.4 is 0 Å². The lowest BCUT2D eigenvalue weighted by Gasteiger charge is -2.21. The largest absolute Gasteiger partial charge is 0.508 e. The molecule has 2 N–H and O–H groups in total. The van der Waals surface area contributed by atoms with Gasteiger partial charge in [-0.1, -0.05) is 42.5 Å². The highest BCUT2D eigenvalue weighted by atomic mass is 16.3. The smallest absolute Gasteiger partial charge is 0.115 e. The molecular formula is C19H18O2. The van der Waals surface area contributed by atoms with Gasteiger partial charge in [-0.25, -0.2) is 0 Å². The van der Waals surface area contributed by atoms with Crippen molar-refractivity contribution in [2.75, 3.05) is 0 Å². The van der Waals surface area contributed by atoms with Gasteiger partial charge < -0.3 is 10.2 Å². The molecular weight excluding hydrogens is 260 g/mol. The second-order valence-corrected chi connectivity index (χ2v) is 5.30. The fourth-order valence-electron chi connectivity index (χ4n) is 2.76. The summed E-state index contributed by atoms with van der Waals surface area (Å²) in [7, 11) is 0. The lowest BCUT2D eigenvalue weighted by atomic mass is 9.83. The van der Waals surface area contributed by atoms with Gasteiger partial charge in [0.05, 0.1) is 0 Å². The van der Waals surface area contributed by atoms with Crippen molar-refractivity contribution in [1.82, 2.24) is 0 Å². The molecule has 0 unspecified atom stereocenters. The zero-order valence-corrected chi connectivity index (χ0v) is 11.7. The molecule has 0 saturated heterocycles. The van der Waals surface area contributed by atoms with Gasteiger partial charge in [0, 0.05) is 5.92 Å². The monoisotopic (exact) mass is 278 g/mol. The molecule has 2 aromatic rings. The van der Waals surface area contributed by atoms with Crippen LogP contribution in [0, 0.1) is 0 Å². The molecule has 2 nitrogen and oxygen atoms in total. The molecule has 0 fully saturated rings. The molecule has 21 heavy (non-hydrogen) atoms. The second-order valence-electron chi connectivity index (χ2n) is 5.30. The van der Waals surface area contributed by atoms with Gasteiger partial charge in [-0.05, 0) is 53.8 Å². The Bertz CT molecular complexity index is 618. The van der Waals surface area contributed by atoms with E-state index in [1.165, 1.54) is 5.57 Å². The number of hydrogen-bond acceptors (Lipinski definition) is 2. The first-order valence-electron chi connectivity index (χ1n) is 7.18. The molecule has 0 amide bonds. The first-order valence-corrected chi connectivity index (χ1v) is 7.18. The van der Waals surface area contributed by atoms with Gasteiger partial charge in [-0.2, -0.15) is 0 Å². The molecule has 0 spiro atoms. The third-order valence-electron chi connectivity index (χ3n) is 3.81. The summed E-state index contributed by atoms with van der Waals surface area (Å²) in [6.45, 7) is 0. The van der Waals surface area contributed by atoms with E-state index in [2.05, 4.69) is 18.2 Å². The summed E-state index contributed by atoms with van der Waals surface area (Å²) in [6, 6.07) is 14.7. The number of phenolic OH excluding ortho intramolecular Hbond substituents is 2. The van der Waals surface area contributed by atoms with Crippen LogP contribution in [0.4, 0.5) is 0 Å². The molecule has 0 bridgehead atoms. The number of aromatic hydroxyl groups is 2. The van der Waals surface area contributed by atoms with Crippen LogP contribution in [-0.4, -0.2) is 10.2 Å². The summed E-state index contributed by atoms with van der Waals surface area (Å²) in [5.74, 6) is 0.676. The molecule has 3 rings (SSSR count). The summed E-state index contributed by atoms with van der Waals surface area (Å²) in [5.41, 5.74) is 3.53. The minimum absolute atomic E-state index is 0.128. The predicted octanol–water partition coefficient (Wildman–Crippen LogP) is 4.51. The Morgan fingerprint density at radius 2 is 1.24 bits per heavy atom. The second kappa shape index (κ2) is 5.88. The Kier molecular flexibility index (Phi) is 3.78. The highest BCUT2D eigenvalue weighted by Crippen LogP contribution is 2.35. The number of benzene rings is 2. The maximum absolute atomic E-state index is 9.49. The van der Waals surface area contributed by atoms with E-state index in [1.54, 1.807) is 24.3 Å². The van der Waals surface area contributed by atoms with Crippen LogP contribution in [0.25, 0.3) is 0 Å². The fourth-order valence-corrected chi connectivity index (χ4v) is 2.76. The third-order valence-corrected chi connectivity index (χ3v) is 3.81. The van der Waals surface area contributed by atoms with Gasteiger partial charge in [0.15, 0.2) is 0 Å². The van der Waals surface area contributed by atoms with Crippen molar-refractivity contribution in [3.05, 3.63) is 83.5 Å². The van der Waals surface area contributed by atoms with Crippen LogP contribution in [0.2, 0.25) is 0 Å². The lowest BCUT2D eigenvalue weighted by molar-refractivity contribution is 0.475. The van der Waals surface area contributed by atoms with Crippen molar-refractivity contribution in [3.8, 4) is 11.5 Å². The van der Waals surface area contributed by atoms with Crippen LogP contribution in [0.15, 0.2) is 72.3 Å². The highest BCUT2D eigenvalue weighted by molar-refractivity contribution is 5.47. The maximum atomic E-state index is 9.49. The molecule has 0 aliphatic heterocycles. The Morgan fingerprint density at radius 1 is 0.714 bits per heavy atom. The summed E-state index contributed by atoms with van der Waals surface area (Å²) in [4.78, 5) is 0. The Labute approximate surface area is 124 Å². The van der Waals surface area contributed by atoms with Crippen LogP contribution >= 0.6 is 0 Å². The lowest BCUT2D eigenvalue weighted by Crippen LogP contribution is -2.05. The van der Waals surface area contributed by atoms with Gasteiger partial charge in [-0.15, -0.1) is 0 Å². The molecule has 0 aromatic heterocycles. The van der Waals surface area contributed by atoms with Crippen LogP contribution in [0.5, 0.6) is 11.5 Å². The minimum atomic E-state index is 0.128. The van der Waals surface area contributed by atoms with E-state index < -0.39 is 0 Å². The third kappa shape index (κ3) is 3.00. The van der Waals surface area contributed by atoms with Gasteiger partial charge in [0.1, 0.15) is 11.5 Å². The Hall–Kier alpha value is -2.48. The maximum Gasteiger partial charge on any atom is 0.115 e. The zero-order valence-electron chi connectivity index (χ0n) is 11.7. The highest BCUT2D eigenvalue weighted by Gasteiger charge is 2.18. The van der Waals surface area contributed by atoms with Crippen LogP contribution in [0.1, 0.15) is 29.9 Å². The van der Waals surface area contributed by atoms with Gasteiger partial charge in [0.2, 0.25) is 0 Å². The van der Waals surface area contributed by atoms with Gasteiger partial charge >= 0.3 is 0 Å². The quantitative estimate of drug-likeness (QED) is 0.867. The van der Waals surface area contributed by atoms with E-state index in [0.717, 1.165) is 24.0 Å². The number of hydrogen-bond donors (Lipinski definition) is 2.